The van der Waals surface area contributed by atoms with E-state index < -0.39 is 5.60 Å². The van der Waals surface area contributed by atoms with Crippen molar-refractivity contribution < 1.29 is 14.6 Å². The molecule has 1 aromatic rings. The predicted octanol–water partition coefficient (Wildman–Crippen LogP) is 4.73. The largest absolute Gasteiger partial charge is 0.497 e. The third kappa shape index (κ3) is 3.17. The van der Waals surface area contributed by atoms with E-state index in [1.54, 1.807) is 13.4 Å². The first-order chi connectivity index (χ1) is 12.5. The lowest BCUT2D eigenvalue weighted by Gasteiger charge is -2.64. The van der Waals surface area contributed by atoms with Crippen LogP contribution >= 0.6 is 0 Å². The summed E-state index contributed by atoms with van der Waals surface area (Å²) >= 11 is 0. The van der Waals surface area contributed by atoms with Crippen molar-refractivity contribution in [3.8, 4) is 11.5 Å². The van der Waals surface area contributed by atoms with Crippen LogP contribution < -0.4 is 15.2 Å². The van der Waals surface area contributed by atoms with Gasteiger partial charge in [-0.1, -0.05) is 27.2 Å². The molecule has 150 valence electrons. The van der Waals surface area contributed by atoms with Crippen LogP contribution in [0.5, 0.6) is 11.5 Å². The predicted molar refractivity (Wildman–Crippen MR) is 109 cm³/mol. The third-order valence-electron chi connectivity index (χ3n) is 7.42. The number of hydrogen-bond acceptors (Lipinski definition) is 4. The summed E-state index contributed by atoms with van der Waals surface area (Å²) in [6.45, 7) is 10.7. The molecule has 2 aliphatic rings. The molecule has 3 atom stereocenters. The minimum absolute atomic E-state index is 0.0160. The number of rotatable bonds is 3. The van der Waals surface area contributed by atoms with Crippen LogP contribution in [0.1, 0.15) is 65.4 Å². The summed E-state index contributed by atoms with van der Waals surface area (Å²) in [5.41, 5.74) is 7.52. The molecule has 0 spiro atoms. The molecule has 0 aliphatic heterocycles. The molecule has 27 heavy (non-hydrogen) atoms. The zero-order chi connectivity index (χ0) is 20.1. The lowest BCUT2D eigenvalue weighted by Crippen LogP contribution is -2.70. The SMILES string of the molecule is COc1cc(C)cc(O/C=C2\[C@](C)(O)CC[C@@]3(N)C(C)(C)CCC[C@]23C)c1. The summed E-state index contributed by atoms with van der Waals surface area (Å²) in [5, 5.41) is 11.2. The molecular formula is C23H35NO3. The lowest BCUT2D eigenvalue weighted by molar-refractivity contribution is -0.0824. The van der Waals surface area contributed by atoms with E-state index >= 15 is 0 Å². The third-order valence-corrected chi connectivity index (χ3v) is 7.42. The molecule has 2 saturated carbocycles. The molecule has 3 N–H and O–H groups in total. The van der Waals surface area contributed by atoms with Gasteiger partial charge in [-0.3, -0.25) is 0 Å². The Hall–Kier alpha value is -1.52. The standard InChI is InChI=1S/C23H35NO3/c1-16-12-17(26-6)14-18(13-16)27-15-19-21(4)9-7-8-20(2,3)23(21,24)11-10-22(19,5)25/h12-15,25H,7-11,24H2,1-6H3/b19-15-/t21-,22-,23-/m1/s1. The number of ether oxygens (including phenoxy) is 2. The van der Waals surface area contributed by atoms with Crippen LogP contribution in [0.3, 0.4) is 0 Å². The van der Waals surface area contributed by atoms with Crippen molar-refractivity contribution in [2.24, 2.45) is 16.6 Å². The van der Waals surface area contributed by atoms with Crippen molar-refractivity contribution in [1.29, 1.82) is 0 Å². The summed E-state index contributed by atoms with van der Waals surface area (Å²) < 4.78 is 11.4. The van der Waals surface area contributed by atoms with E-state index in [4.69, 9.17) is 15.2 Å². The Morgan fingerprint density at radius 3 is 2.33 bits per heavy atom. The van der Waals surface area contributed by atoms with Crippen molar-refractivity contribution >= 4 is 0 Å². The Labute approximate surface area is 163 Å². The van der Waals surface area contributed by atoms with Gasteiger partial charge in [0, 0.05) is 22.6 Å². The summed E-state index contributed by atoms with van der Waals surface area (Å²) in [7, 11) is 1.65. The average molecular weight is 374 g/mol. The Morgan fingerprint density at radius 1 is 1.00 bits per heavy atom. The molecule has 0 unspecified atom stereocenters. The molecule has 4 heteroatoms. The van der Waals surface area contributed by atoms with Gasteiger partial charge in [0.15, 0.2) is 0 Å². The zero-order valence-electron chi connectivity index (χ0n) is 17.7. The van der Waals surface area contributed by atoms with Gasteiger partial charge in [0.2, 0.25) is 0 Å². The van der Waals surface area contributed by atoms with Crippen LogP contribution in [0.2, 0.25) is 0 Å². The number of methoxy groups -OCH3 is 1. The van der Waals surface area contributed by atoms with Gasteiger partial charge in [0.05, 0.1) is 19.0 Å². The smallest absolute Gasteiger partial charge is 0.130 e. The number of hydrogen-bond donors (Lipinski definition) is 2. The Morgan fingerprint density at radius 2 is 1.67 bits per heavy atom. The molecule has 0 aromatic heterocycles. The molecule has 2 fully saturated rings. The van der Waals surface area contributed by atoms with Crippen molar-refractivity contribution in [1.82, 2.24) is 0 Å². The second kappa shape index (κ2) is 6.52. The zero-order valence-corrected chi connectivity index (χ0v) is 17.7. The van der Waals surface area contributed by atoms with E-state index in [9.17, 15) is 5.11 Å². The number of benzene rings is 1. The number of aryl methyl sites for hydroxylation is 1. The van der Waals surface area contributed by atoms with Crippen molar-refractivity contribution in [2.45, 2.75) is 77.9 Å². The topological polar surface area (TPSA) is 64.7 Å². The molecule has 1 aromatic carbocycles. The second-order valence-electron chi connectivity index (χ2n) is 9.65. The van der Waals surface area contributed by atoms with Crippen LogP contribution in [0.4, 0.5) is 0 Å². The minimum atomic E-state index is -0.918. The van der Waals surface area contributed by atoms with E-state index in [0.29, 0.717) is 12.2 Å². The monoisotopic (exact) mass is 373 g/mol. The van der Waals surface area contributed by atoms with Crippen molar-refractivity contribution in [3.05, 3.63) is 35.6 Å². The Kier molecular flexibility index (Phi) is 4.89. The normalized spacial score (nSPS) is 37.0. The van der Waals surface area contributed by atoms with E-state index in [-0.39, 0.29) is 16.4 Å². The van der Waals surface area contributed by atoms with Crippen LogP contribution in [0, 0.1) is 17.8 Å². The lowest BCUT2D eigenvalue weighted by atomic mass is 9.44. The fourth-order valence-corrected chi connectivity index (χ4v) is 5.52. The van der Waals surface area contributed by atoms with Gasteiger partial charge in [-0.15, -0.1) is 0 Å². The Bertz CT molecular complexity index is 752. The molecule has 4 nitrogen and oxygen atoms in total. The number of aliphatic hydroxyl groups is 1. The van der Waals surface area contributed by atoms with Gasteiger partial charge in [0.1, 0.15) is 11.5 Å². The molecule has 0 radical (unpaired) electrons. The first-order valence-electron chi connectivity index (χ1n) is 10.00. The van der Waals surface area contributed by atoms with Crippen molar-refractivity contribution in [2.75, 3.05) is 7.11 Å². The van der Waals surface area contributed by atoms with Crippen molar-refractivity contribution in [3.63, 3.8) is 0 Å². The molecule has 0 heterocycles. The molecule has 0 amide bonds. The quantitative estimate of drug-likeness (QED) is 0.752. The second-order valence-corrected chi connectivity index (χ2v) is 9.65. The molecule has 3 rings (SSSR count). The highest BCUT2D eigenvalue weighted by atomic mass is 16.5. The van der Waals surface area contributed by atoms with Gasteiger partial charge in [-0.2, -0.15) is 0 Å². The maximum atomic E-state index is 11.2. The fraction of sp³-hybridized carbons (Fsp3) is 0.652. The molecule has 0 saturated heterocycles. The molecule has 2 aliphatic carbocycles. The first-order valence-corrected chi connectivity index (χ1v) is 10.00. The Balaban J connectivity index is 2.03. The molecule has 0 bridgehead atoms. The highest BCUT2D eigenvalue weighted by Crippen LogP contribution is 2.62. The summed E-state index contributed by atoms with van der Waals surface area (Å²) in [6, 6.07) is 5.80. The summed E-state index contributed by atoms with van der Waals surface area (Å²) in [6.07, 6.45) is 6.42. The van der Waals surface area contributed by atoms with E-state index in [2.05, 4.69) is 20.8 Å². The van der Waals surface area contributed by atoms with E-state index in [0.717, 1.165) is 42.6 Å². The summed E-state index contributed by atoms with van der Waals surface area (Å²) in [4.78, 5) is 0. The van der Waals surface area contributed by atoms with Crippen LogP contribution in [0.25, 0.3) is 0 Å². The van der Waals surface area contributed by atoms with Gasteiger partial charge in [-0.05, 0) is 62.6 Å². The maximum Gasteiger partial charge on any atom is 0.130 e. The maximum absolute atomic E-state index is 11.2. The first kappa shape index (κ1) is 20.2. The number of fused-ring (bicyclic) bond motifs is 1. The molecular weight excluding hydrogens is 338 g/mol. The van der Waals surface area contributed by atoms with Gasteiger partial charge in [0.25, 0.3) is 0 Å². The van der Waals surface area contributed by atoms with Crippen LogP contribution in [-0.4, -0.2) is 23.4 Å². The van der Waals surface area contributed by atoms with E-state index in [1.807, 2.05) is 32.0 Å². The van der Waals surface area contributed by atoms with Gasteiger partial charge < -0.3 is 20.3 Å². The van der Waals surface area contributed by atoms with Crippen LogP contribution in [-0.2, 0) is 0 Å². The van der Waals surface area contributed by atoms with Gasteiger partial charge in [-0.25, -0.2) is 0 Å². The van der Waals surface area contributed by atoms with Gasteiger partial charge >= 0.3 is 0 Å². The average Bonchev–Trinajstić information content (AvgIpc) is 2.56. The fourth-order valence-electron chi connectivity index (χ4n) is 5.52. The highest BCUT2D eigenvalue weighted by molar-refractivity contribution is 5.40. The number of nitrogens with two attached hydrogens (primary N) is 1. The van der Waals surface area contributed by atoms with Crippen LogP contribution in [0.15, 0.2) is 30.0 Å². The minimum Gasteiger partial charge on any atom is -0.497 e. The van der Waals surface area contributed by atoms with E-state index in [1.165, 1.54) is 0 Å². The summed E-state index contributed by atoms with van der Waals surface area (Å²) in [5.74, 6) is 1.47. The highest BCUT2D eigenvalue weighted by Gasteiger charge is 2.63.